The summed E-state index contributed by atoms with van der Waals surface area (Å²) in [6, 6.07) is 7.68. The number of halogens is 1. The lowest BCUT2D eigenvalue weighted by atomic mass is 10.2. The third-order valence-electron chi connectivity index (χ3n) is 2.88. The van der Waals surface area contributed by atoms with Gasteiger partial charge in [-0.2, -0.15) is 0 Å². The average Bonchev–Trinajstić information content (AvgIpc) is 2.40. The lowest BCUT2D eigenvalue weighted by Gasteiger charge is -2.21. The van der Waals surface area contributed by atoms with Crippen LogP contribution in [0.25, 0.3) is 0 Å². The van der Waals surface area contributed by atoms with E-state index in [0.717, 1.165) is 36.1 Å². The van der Waals surface area contributed by atoms with E-state index in [9.17, 15) is 4.79 Å². The molecule has 0 aliphatic carbocycles. The average molecular weight is 329 g/mol. The van der Waals surface area contributed by atoms with Crippen molar-refractivity contribution in [1.29, 1.82) is 0 Å². The third-order valence-corrected chi connectivity index (χ3v) is 4.95. The number of hydrogen-bond acceptors (Lipinski definition) is 3. The molecule has 2 rings (SSSR count). The molecule has 1 aliphatic rings. The molecule has 1 heterocycles. The quantitative estimate of drug-likeness (QED) is 0.892. The number of rotatable bonds is 4. The Hall–Kier alpha value is -0.520. The first-order valence-corrected chi connectivity index (χ1v) is 7.96. The summed E-state index contributed by atoms with van der Waals surface area (Å²) in [5.41, 5.74) is 0.841. The molecule has 0 spiro atoms. The number of para-hydroxylation sites is 1. The van der Waals surface area contributed by atoms with Crippen molar-refractivity contribution in [2.75, 3.05) is 24.2 Å². The maximum absolute atomic E-state index is 11.8. The summed E-state index contributed by atoms with van der Waals surface area (Å²) in [6.07, 6.45) is 2.32. The zero-order valence-corrected chi connectivity index (χ0v) is 12.5. The molecule has 1 amide bonds. The highest BCUT2D eigenvalue weighted by Gasteiger charge is 2.15. The van der Waals surface area contributed by atoms with Gasteiger partial charge in [-0.15, -0.1) is 11.8 Å². The van der Waals surface area contributed by atoms with Crippen LogP contribution in [0.5, 0.6) is 0 Å². The van der Waals surface area contributed by atoms with E-state index >= 15 is 0 Å². The number of carbonyl (C=O) groups is 1. The summed E-state index contributed by atoms with van der Waals surface area (Å²) < 4.78 is 0.921. The molecule has 1 saturated heterocycles. The van der Waals surface area contributed by atoms with Crippen LogP contribution in [0, 0.1) is 0 Å². The molecular weight excluding hydrogens is 312 g/mol. The van der Waals surface area contributed by atoms with Gasteiger partial charge in [-0.25, -0.2) is 0 Å². The van der Waals surface area contributed by atoms with Crippen molar-refractivity contribution in [3.8, 4) is 0 Å². The Labute approximate surface area is 120 Å². The van der Waals surface area contributed by atoms with Crippen LogP contribution in [0.15, 0.2) is 28.7 Å². The van der Waals surface area contributed by atoms with Gasteiger partial charge < -0.3 is 10.6 Å². The Bertz CT molecular complexity index is 408. The topological polar surface area (TPSA) is 41.1 Å². The first-order valence-electron chi connectivity index (χ1n) is 6.12. The lowest BCUT2D eigenvalue weighted by Crippen LogP contribution is -2.30. The Balaban J connectivity index is 1.76. The molecule has 98 valence electrons. The molecule has 1 aromatic rings. The van der Waals surface area contributed by atoms with Gasteiger partial charge in [0.2, 0.25) is 5.91 Å². The number of anilines is 1. The highest BCUT2D eigenvalue weighted by molar-refractivity contribution is 9.10. The van der Waals surface area contributed by atoms with E-state index in [0.29, 0.717) is 11.0 Å². The van der Waals surface area contributed by atoms with Gasteiger partial charge in [0.15, 0.2) is 0 Å². The number of amides is 1. The number of carbonyl (C=O) groups excluding carboxylic acids is 1. The van der Waals surface area contributed by atoms with Gasteiger partial charge in [0.25, 0.3) is 0 Å². The van der Waals surface area contributed by atoms with E-state index in [4.69, 9.17) is 0 Å². The van der Waals surface area contributed by atoms with Crippen molar-refractivity contribution in [2.45, 2.75) is 18.1 Å². The highest BCUT2D eigenvalue weighted by Crippen LogP contribution is 2.23. The Morgan fingerprint density at radius 3 is 2.83 bits per heavy atom. The molecular formula is C13H17BrN2OS. The molecule has 0 aromatic heterocycles. The van der Waals surface area contributed by atoms with Crippen LogP contribution in [0.4, 0.5) is 5.69 Å². The van der Waals surface area contributed by atoms with E-state index in [1.165, 1.54) is 0 Å². The SMILES string of the molecule is O=C(CSC1CCNCC1)Nc1ccccc1Br. The second-order valence-electron chi connectivity index (χ2n) is 4.29. The Morgan fingerprint density at radius 2 is 2.11 bits per heavy atom. The van der Waals surface area contributed by atoms with Crippen molar-refractivity contribution in [3.63, 3.8) is 0 Å². The van der Waals surface area contributed by atoms with Crippen molar-refractivity contribution in [1.82, 2.24) is 5.32 Å². The van der Waals surface area contributed by atoms with Gasteiger partial charge in [0.1, 0.15) is 0 Å². The van der Waals surface area contributed by atoms with Crippen molar-refractivity contribution in [3.05, 3.63) is 28.7 Å². The summed E-state index contributed by atoms with van der Waals surface area (Å²) in [5, 5.41) is 6.88. The van der Waals surface area contributed by atoms with Crippen LogP contribution < -0.4 is 10.6 Å². The molecule has 1 fully saturated rings. The zero-order valence-electron chi connectivity index (χ0n) is 10.1. The second kappa shape index (κ2) is 7.16. The molecule has 0 radical (unpaired) electrons. The first-order chi connectivity index (χ1) is 8.75. The van der Waals surface area contributed by atoms with Crippen molar-refractivity contribution in [2.24, 2.45) is 0 Å². The molecule has 0 saturated carbocycles. The maximum Gasteiger partial charge on any atom is 0.234 e. The zero-order chi connectivity index (χ0) is 12.8. The molecule has 1 aromatic carbocycles. The van der Waals surface area contributed by atoms with Gasteiger partial charge >= 0.3 is 0 Å². The van der Waals surface area contributed by atoms with E-state index in [1.54, 1.807) is 11.8 Å². The molecule has 2 N–H and O–H groups in total. The van der Waals surface area contributed by atoms with Crippen LogP contribution in [0.3, 0.4) is 0 Å². The number of nitrogens with one attached hydrogen (secondary N) is 2. The van der Waals surface area contributed by atoms with Gasteiger partial charge in [-0.05, 0) is 54.0 Å². The number of hydrogen-bond donors (Lipinski definition) is 2. The van der Waals surface area contributed by atoms with Gasteiger partial charge in [-0.3, -0.25) is 4.79 Å². The summed E-state index contributed by atoms with van der Waals surface area (Å²) in [6.45, 7) is 2.15. The normalized spacial score (nSPS) is 16.5. The van der Waals surface area contributed by atoms with Crippen LogP contribution in [-0.4, -0.2) is 30.0 Å². The monoisotopic (exact) mass is 328 g/mol. The van der Waals surface area contributed by atoms with Gasteiger partial charge in [0.05, 0.1) is 11.4 Å². The fourth-order valence-corrected chi connectivity index (χ4v) is 3.32. The van der Waals surface area contributed by atoms with Crippen LogP contribution in [0.1, 0.15) is 12.8 Å². The second-order valence-corrected chi connectivity index (χ2v) is 6.43. The van der Waals surface area contributed by atoms with E-state index in [2.05, 4.69) is 26.6 Å². The Morgan fingerprint density at radius 1 is 1.39 bits per heavy atom. The number of benzene rings is 1. The number of piperidine rings is 1. The molecule has 0 bridgehead atoms. The standard InChI is InChI=1S/C13H17BrN2OS/c14-11-3-1-2-4-12(11)16-13(17)9-18-10-5-7-15-8-6-10/h1-4,10,15H,5-9H2,(H,16,17). The summed E-state index contributed by atoms with van der Waals surface area (Å²) >= 11 is 5.19. The summed E-state index contributed by atoms with van der Waals surface area (Å²) in [7, 11) is 0. The van der Waals surface area contributed by atoms with E-state index in [1.807, 2.05) is 24.3 Å². The predicted molar refractivity (Wildman–Crippen MR) is 81.1 cm³/mol. The maximum atomic E-state index is 11.8. The highest BCUT2D eigenvalue weighted by atomic mass is 79.9. The fourth-order valence-electron chi connectivity index (χ4n) is 1.90. The smallest absolute Gasteiger partial charge is 0.234 e. The number of thioether (sulfide) groups is 1. The molecule has 1 aliphatic heterocycles. The van der Waals surface area contributed by atoms with Gasteiger partial charge in [0, 0.05) is 9.72 Å². The largest absolute Gasteiger partial charge is 0.324 e. The molecule has 0 unspecified atom stereocenters. The molecule has 5 heteroatoms. The predicted octanol–water partition coefficient (Wildman–Crippen LogP) is 2.87. The minimum absolute atomic E-state index is 0.0745. The van der Waals surface area contributed by atoms with Crippen molar-refractivity contribution >= 4 is 39.3 Å². The minimum Gasteiger partial charge on any atom is -0.324 e. The van der Waals surface area contributed by atoms with Crippen LogP contribution >= 0.6 is 27.7 Å². The van der Waals surface area contributed by atoms with Crippen molar-refractivity contribution < 1.29 is 4.79 Å². The summed E-state index contributed by atoms with van der Waals surface area (Å²) in [5.74, 6) is 0.608. The Kier molecular flexibility index (Phi) is 5.53. The first kappa shape index (κ1) is 13.9. The molecule has 0 atom stereocenters. The van der Waals surface area contributed by atoms with E-state index < -0.39 is 0 Å². The minimum atomic E-state index is 0.0745. The summed E-state index contributed by atoms with van der Waals surface area (Å²) in [4.78, 5) is 11.8. The lowest BCUT2D eigenvalue weighted by molar-refractivity contribution is -0.113. The van der Waals surface area contributed by atoms with Gasteiger partial charge in [-0.1, -0.05) is 12.1 Å². The van der Waals surface area contributed by atoms with Crippen LogP contribution in [-0.2, 0) is 4.79 Å². The fraction of sp³-hybridized carbons (Fsp3) is 0.462. The molecule has 3 nitrogen and oxygen atoms in total. The van der Waals surface area contributed by atoms with E-state index in [-0.39, 0.29) is 5.91 Å². The molecule has 18 heavy (non-hydrogen) atoms. The third kappa shape index (κ3) is 4.30. The van der Waals surface area contributed by atoms with Crippen LogP contribution in [0.2, 0.25) is 0 Å².